The molecular formula is C16H22N2O3S. The summed E-state index contributed by atoms with van der Waals surface area (Å²) in [4.78, 5) is 12.1. The van der Waals surface area contributed by atoms with Crippen LogP contribution < -0.4 is 10.0 Å². The van der Waals surface area contributed by atoms with Crippen LogP contribution in [0.15, 0.2) is 29.2 Å². The molecule has 0 bridgehead atoms. The summed E-state index contributed by atoms with van der Waals surface area (Å²) in [6.07, 6.45) is 3.65. The van der Waals surface area contributed by atoms with E-state index in [0.717, 1.165) is 17.5 Å². The maximum Gasteiger partial charge on any atom is 0.237 e. The number of aryl methyl sites for hydroxylation is 1. The Hall–Kier alpha value is -1.66. The Morgan fingerprint density at radius 1 is 1.27 bits per heavy atom. The van der Waals surface area contributed by atoms with Gasteiger partial charge < -0.3 is 5.32 Å². The molecule has 1 aliphatic rings. The number of allylic oxidation sites excluding steroid dienone is 1. The molecule has 0 aliphatic heterocycles. The zero-order valence-electron chi connectivity index (χ0n) is 12.9. The van der Waals surface area contributed by atoms with Crippen molar-refractivity contribution in [1.82, 2.24) is 10.0 Å². The normalized spacial score (nSPS) is 15.6. The summed E-state index contributed by atoms with van der Waals surface area (Å²) < 4.78 is 27.3. The van der Waals surface area contributed by atoms with Crippen LogP contribution in [0, 0.1) is 0 Å². The maximum absolute atomic E-state index is 12.4. The SMILES string of the molecule is CCCNC(=O)[C@H](C)NS(=O)(=O)C1=Cc2ccccc2CC1. The highest BCUT2D eigenvalue weighted by Gasteiger charge is 2.25. The van der Waals surface area contributed by atoms with Gasteiger partial charge >= 0.3 is 0 Å². The van der Waals surface area contributed by atoms with Crippen molar-refractivity contribution in [3.8, 4) is 0 Å². The van der Waals surface area contributed by atoms with Crippen LogP contribution >= 0.6 is 0 Å². The van der Waals surface area contributed by atoms with Gasteiger partial charge in [-0.3, -0.25) is 4.79 Å². The van der Waals surface area contributed by atoms with Gasteiger partial charge in [0, 0.05) is 6.54 Å². The standard InChI is InChI=1S/C16H22N2O3S/c1-3-10-17-16(19)12(2)18-22(20,21)15-9-8-13-6-4-5-7-14(13)11-15/h4-7,11-12,18H,3,8-10H2,1-2H3,(H,17,19)/t12-/m0/s1. The average Bonchev–Trinajstić information content (AvgIpc) is 2.51. The molecule has 5 nitrogen and oxygen atoms in total. The van der Waals surface area contributed by atoms with E-state index in [1.807, 2.05) is 31.2 Å². The second-order valence-corrected chi connectivity index (χ2v) is 7.21. The third kappa shape index (κ3) is 3.96. The van der Waals surface area contributed by atoms with E-state index in [-0.39, 0.29) is 5.91 Å². The lowest BCUT2D eigenvalue weighted by atomic mass is 9.98. The molecule has 6 heteroatoms. The van der Waals surface area contributed by atoms with Crippen molar-refractivity contribution in [2.45, 2.75) is 39.2 Å². The minimum absolute atomic E-state index is 0.303. The number of carbonyl (C=O) groups excluding carboxylic acids is 1. The summed E-state index contributed by atoms with van der Waals surface area (Å²) in [5.41, 5.74) is 2.08. The fraction of sp³-hybridized carbons (Fsp3) is 0.438. The van der Waals surface area contributed by atoms with E-state index in [1.54, 1.807) is 13.0 Å². The summed E-state index contributed by atoms with van der Waals surface area (Å²) >= 11 is 0. The van der Waals surface area contributed by atoms with E-state index in [9.17, 15) is 13.2 Å². The lowest BCUT2D eigenvalue weighted by Gasteiger charge is -2.19. The van der Waals surface area contributed by atoms with Crippen molar-refractivity contribution in [3.05, 3.63) is 40.3 Å². The van der Waals surface area contributed by atoms with Crippen LogP contribution in [-0.2, 0) is 21.2 Å². The van der Waals surface area contributed by atoms with Gasteiger partial charge in [0.25, 0.3) is 0 Å². The highest BCUT2D eigenvalue weighted by Crippen LogP contribution is 2.26. The van der Waals surface area contributed by atoms with Crippen molar-refractivity contribution >= 4 is 22.0 Å². The van der Waals surface area contributed by atoms with E-state index in [4.69, 9.17) is 0 Å². The quantitative estimate of drug-likeness (QED) is 0.839. The van der Waals surface area contributed by atoms with Gasteiger partial charge in [-0.05, 0) is 43.4 Å². The molecule has 22 heavy (non-hydrogen) atoms. The van der Waals surface area contributed by atoms with Gasteiger partial charge in [0.2, 0.25) is 15.9 Å². The molecule has 0 unspecified atom stereocenters. The Morgan fingerprint density at radius 2 is 2.00 bits per heavy atom. The van der Waals surface area contributed by atoms with Gasteiger partial charge in [0.1, 0.15) is 0 Å². The number of fused-ring (bicyclic) bond motifs is 1. The summed E-state index contributed by atoms with van der Waals surface area (Å²) in [6.45, 7) is 4.04. The molecule has 1 aromatic rings. The number of sulfonamides is 1. The maximum atomic E-state index is 12.4. The molecule has 0 fully saturated rings. The Labute approximate surface area is 131 Å². The van der Waals surface area contributed by atoms with Gasteiger partial charge in [-0.2, -0.15) is 4.72 Å². The van der Waals surface area contributed by atoms with E-state index < -0.39 is 16.1 Å². The predicted octanol–water partition coefficient (Wildman–Crippen LogP) is 1.81. The lowest BCUT2D eigenvalue weighted by Crippen LogP contribution is -2.45. The first-order valence-corrected chi connectivity index (χ1v) is 9.01. The van der Waals surface area contributed by atoms with Crippen LogP contribution in [0.4, 0.5) is 0 Å². The zero-order valence-corrected chi connectivity index (χ0v) is 13.7. The van der Waals surface area contributed by atoms with E-state index >= 15 is 0 Å². The largest absolute Gasteiger partial charge is 0.355 e. The van der Waals surface area contributed by atoms with Crippen LogP contribution in [-0.4, -0.2) is 26.9 Å². The highest BCUT2D eigenvalue weighted by molar-refractivity contribution is 7.93. The minimum atomic E-state index is -3.65. The van der Waals surface area contributed by atoms with Crippen molar-refractivity contribution < 1.29 is 13.2 Å². The molecule has 1 aliphatic carbocycles. The molecule has 120 valence electrons. The third-order valence-electron chi connectivity index (χ3n) is 3.63. The second-order valence-electron chi connectivity index (χ2n) is 5.44. The van der Waals surface area contributed by atoms with Crippen molar-refractivity contribution in [2.75, 3.05) is 6.54 Å². The van der Waals surface area contributed by atoms with Crippen LogP contribution in [0.2, 0.25) is 0 Å². The number of nitrogens with one attached hydrogen (secondary N) is 2. The number of hydrogen-bond donors (Lipinski definition) is 2. The summed E-state index contributed by atoms with van der Waals surface area (Å²) in [6, 6.07) is 6.96. The molecule has 1 atom stereocenters. The lowest BCUT2D eigenvalue weighted by molar-refractivity contribution is -0.122. The number of benzene rings is 1. The van der Waals surface area contributed by atoms with Gasteiger partial charge in [-0.15, -0.1) is 0 Å². The van der Waals surface area contributed by atoms with E-state index in [1.165, 1.54) is 0 Å². The Kier molecular flexibility index (Phi) is 5.37. The van der Waals surface area contributed by atoms with Crippen LogP contribution in [0.5, 0.6) is 0 Å². The Morgan fingerprint density at radius 3 is 2.73 bits per heavy atom. The Bertz CT molecular complexity index is 680. The topological polar surface area (TPSA) is 75.3 Å². The average molecular weight is 322 g/mol. The first-order chi connectivity index (χ1) is 10.4. The molecule has 1 aromatic carbocycles. The fourth-order valence-corrected chi connectivity index (χ4v) is 3.76. The molecule has 0 saturated heterocycles. The first-order valence-electron chi connectivity index (χ1n) is 7.52. The molecule has 2 rings (SSSR count). The summed E-state index contributed by atoms with van der Waals surface area (Å²) in [5, 5.41) is 2.69. The molecule has 0 radical (unpaired) electrons. The first kappa shape index (κ1) is 16.7. The minimum Gasteiger partial charge on any atom is -0.355 e. The van der Waals surface area contributed by atoms with Crippen LogP contribution in [0.1, 0.15) is 37.8 Å². The van der Waals surface area contributed by atoms with Crippen LogP contribution in [0.25, 0.3) is 6.08 Å². The molecule has 0 saturated carbocycles. The number of rotatable bonds is 6. The monoisotopic (exact) mass is 322 g/mol. The van der Waals surface area contributed by atoms with Crippen LogP contribution in [0.3, 0.4) is 0 Å². The van der Waals surface area contributed by atoms with Gasteiger partial charge in [0.15, 0.2) is 0 Å². The van der Waals surface area contributed by atoms with Crippen molar-refractivity contribution in [3.63, 3.8) is 0 Å². The molecule has 0 aromatic heterocycles. The molecule has 0 spiro atoms. The van der Waals surface area contributed by atoms with Crippen molar-refractivity contribution in [1.29, 1.82) is 0 Å². The zero-order chi connectivity index (χ0) is 16.2. The second kappa shape index (κ2) is 7.07. The van der Waals surface area contributed by atoms with Gasteiger partial charge in [-0.25, -0.2) is 8.42 Å². The summed E-state index contributed by atoms with van der Waals surface area (Å²) in [7, 11) is -3.65. The van der Waals surface area contributed by atoms with E-state index in [2.05, 4.69) is 10.0 Å². The molecule has 1 amide bonds. The smallest absolute Gasteiger partial charge is 0.237 e. The highest BCUT2D eigenvalue weighted by atomic mass is 32.2. The number of carbonyl (C=O) groups is 1. The number of amides is 1. The molecule has 2 N–H and O–H groups in total. The third-order valence-corrected chi connectivity index (χ3v) is 5.31. The van der Waals surface area contributed by atoms with Gasteiger partial charge in [0.05, 0.1) is 10.9 Å². The Balaban J connectivity index is 2.11. The van der Waals surface area contributed by atoms with Gasteiger partial charge in [-0.1, -0.05) is 31.2 Å². The summed E-state index contributed by atoms with van der Waals surface area (Å²) in [5.74, 6) is -0.303. The predicted molar refractivity (Wildman–Crippen MR) is 87.6 cm³/mol. The molecule has 0 heterocycles. The van der Waals surface area contributed by atoms with Crippen molar-refractivity contribution in [2.24, 2.45) is 0 Å². The molecular weight excluding hydrogens is 300 g/mol. The number of hydrogen-bond acceptors (Lipinski definition) is 3. The fourth-order valence-electron chi connectivity index (χ4n) is 2.38. The van der Waals surface area contributed by atoms with E-state index in [0.29, 0.717) is 24.3 Å².